The Labute approximate surface area is 111 Å². The molecule has 0 fully saturated rings. The number of nitrogens with one attached hydrogen (secondary N) is 1. The molecule has 0 radical (unpaired) electrons. The monoisotopic (exact) mass is 296 g/mol. The summed E-state index contributed by atoms with van der Waals surface area (Å²) in [5.41, 5.74) is 0.571. The van der Waals surface area contributed by atoms with Crippen LogP contribution in [0.15, 0.2) is 22.7 Å². The van der Waals surface area contributed by atoms with Gasteiger partial charge < -0.3 is 10.4 Å². The zero-order valence-corrected chi connectivity index (χ0v) is 11.7. The van der Waals surface area contributed by atoms with Crippen LogP contribution in [0.1, 0.15) is 32.3 Å². The van der Waals surface area contributed by atoms with Gasteiger partial charge in [0.05, 0.1) is 16.9 Å². The maximum Gasteiger partial charge on any atom is 0.103 e. The molecule has 17 heavy (non-hydrogen) atoms. The lowest BCUT2D eigenvalue weighted by molar-refractivity contribution is 0.0637. The molecular weight excluding hydrogens is 280 g/mol. The summed E-state index contributed by atoms with van der Waals surface area (Å²) in [6.07, 6.45) is 1.66. The highest BCUT2D eigenvalue weighted by molar-refractivity contribution is 9.10. The number of rotatable bonds is 5. The van der Waals surface area contributed by atoms with Crippen molar-refractivity contribution in [1.29, 1.82) is 5.26 Å². The SMILES string of the molecule is CCCC(C)(O)CNc1cccc(Br)c1C#N. The van der Waals surface area contributed by atoms with Crippen molar-refractivity contribution in [2.45, 2.75) is 32.3 Å². The topological polar surface area (TPSA) is 56.0 Å². The molecule has 0 aliphatic rings. The number of halogens is 1. The molecule has 0 aromatic heterocycles. The predicted octanol–water partition coefficient (Wildman–Crippen LogP) is 3.28. The van der Waals surface area contributed by atoms with E-state index < -0.39 is 5.60 Å². The maximum atomic E-state index is 10.1. The van der Waals surface area contributed by atoms with E-state index in [0.29, 0.717) is 12.1 Å². The second-order valence-corrected chi connectivity index (χ2v) is 5.23. The van der Waals surface area contributed by atoms with E-state index in [1.807, 2.05) is 25.1 Å². The first-order valence-electron chi connectivity index (χ1n) is 5.65. The third kappa shape index (κ3) is 4.03. The Bertz CT molecular complexity index is 424. The van der Waals surface area contributed by atoms with Crippen LogP contribution in [0.25, 0.3) is 0 Å². The van der Waals surface area contributed by atoms with Crippen LogP contribution in [-0.2, 0) is 0 Å². The van der Waals surface area contributed by atoms with Gasteiger partial charge in [-0.15, -0.1) is 0 Å². The number of hydrogen-bond acceptors (Lipinski definition) is 3. The Hall–Kier alpha value is -1.05. The molecule has 0 aliphatic heterocycles. The highest BCUT2D eigenvalue weighted by Gasteiger charge is 2.19. The molecule has 0 heterocycles. The van der Waals surface area contributed by atoms with E-state index in [-0.39, 0.29) is 0 Å². The maximum absolute atomic E-state index is 10.1. The molecule has 0 spiro atoms. The molecule has 3 nitrogen and oxygen atoms in total. The fourth-order valence-corrected chi connectivity index (χ4v) is 2.15. The van der Waals surface area contributed by atoms with Gasteiger partial charge in [-0.3, -0.25) is 0 Å². The van der Waals surface area contributed by atoms with Crippen LogP contribution >= 0.6 is 15.9 Å². The summed E-state index contributed by atoms with van der Waals surface area (Å²) in [4.78, 5) is 0. The minimum Gasteiger partial charge on any atom is -0.388 e. The van der Waals surface area contributed by atoms with Gasteiger partial charge in [0.1, 0.15) is 6.07 Å². The van der Waals surface area contributed by atoms with E-state index in [2.05, 4.69) is 27.3 Å². The Morgan fingerprint density at radius 2 is 2.24 bits per heavy atom. The quantitative estimate of drug-likeness (QED) is 0.877. The van der Waals surface area contributed by atoms with Crippen LogP contribution in [0.5, 0.6) is 0 Å². The van der Waals surface area contributed by atoms with E-state index in [4.69, 9.17) is 5.26 Å². The van der Waals surface area contributed by atoms with E-state index in [9.17, 15) is 5.11 Å². The van der Waals surface area contributed by atoms with Crippen molar-refractivity contribution in [1.82, 2.24) is 0 Å². The number of nitriles is 1. The Kier molecular flexibility index (Phi) is 4.98. The molecule has 4 heteroatoms. The van der Waals surface area contributed by atoms with Gasteiger partial charge in [-0.2, -0.15) is 5.26 Å². The first kappa shape index (κ1) is 14.0. The summed E-state index contributed by atoms with van der Waals surface area (Å²) >= 11 is 3.33. The van der Waals surface area contributed by atoms with E-state index in [1.54, 1.807) is 6.92 Å². The third-order valence-electron chi connectivity index (χ3n) is 2.57. The second-order valence-electron chi connectivity index (χ2n) is 4.37. The van der Waals surface area contributed by atoms with E-state index in [0.717, 1.165) is 23.0 Å². The van der Waals surface area contributed by atoms with Gasteiger partial charge >= 0.3 is 0 Å². The standard InChI is InChI=1S/C13H17BrN2O/c1-3-7-13(2,17)9-16-12-6-4-5-11(14)10(12)8-15/h4-6,16-17H,3,7,9H2,1-2H3. The smallest absolute Gasteiger partial charge is 0.103 e. The zero-order valence-electron chi connectivity index (χ0n) is 10.1. The molecule has 0 amide bonds. The second kappa shape index (κ2) is 6.04. The molecular formula is C13H17BrN2O. The molecule has 1 aromatic rings. The number of hydrogen-bond donors (Lipinski definition) is 2. The lowest BCUT2D eigenvalue weighted by atomic mass is 10.0. The number of nitrogens with zero attached hydrogens (tertiary/aromatic N) is 1. The lowest BCUT2D eigenvalue weighted by Crippen LogP contribution is -2.33. The summed E-state index contributed by atoms with van der Waals surface area (Å²) in [6, 6.07) is 7.67. The molecule has 0 saturated carbocycles. The lowest BCUT2D eigenvalue weighted by Gasteiger charge is -2.24. The summed E-state index contributed by atoms with van der Waals surface area (Å²) in [5, 5.41) is 22.2. The Balaban J connectivity index is 2.77. The fourth-order valence-electron chi connectivity index (χ4n) is 1.70. The fraction of sp³-hybridized carbons (Fsp3) is 0.462. The summed E-state index contributed by atoms with van der Waals surface area (Å²) < 4.78 is 0.764. The average Bonchev–Trinajstić information content (AvgIpc) is 2.26. The zero-order chi connectivity index (χ0) is 12.9. The van der Waals surface area contributed by atoms with Crippen LogP contribution in [0.2, 0.25) is 0 Å². The van der Waals surface area contributed by atoms with E-state index >= 15 is 0 Å². The van der Waals surface area contributed by atoms with Gasteiger partial charge in [-0.25, -0.2) is 0 Å². The summed E-state index contributed by atoms with van der Waals surface area (Å²) in [6.45, 7) is 4.27. The molecule has 92 valence electrons. The van der Waals surface area contributed by atoms with Crippen molar-refractivity contribution >= 4 is 21.6 Å². The molecule has 2 N–H and O–H groups in total. The molecule has 1 rings (SSSR count). The van der Waals surface area contributed by atoms with Crippen LogP contribution in [-0.4, -0.2) is 17.3 Å². The first-order valence-corrected chi connectivity index (χ1v) is 6.44. The third-order valence-corrected chi connectivity index (χ3v) is 3.23. The predicted molar refractivity (Wildman–Crippen MR) is 72.9 cm³/mol. The Morgan fingerprint density at radius 3 is 2.82 bits per heavy atom. The highest BCUT2D eigenvalue weighted by Crippen LogP contribution is 2.24. The van der Waals surface area contributed by atoms with Crippen molar-refractivity contribution in [3.63, 3.8) is 0 Å². The van der Waals surface area contributed by atoms with Crippen molar-refractivity contribution in [2.24, 2.45) is 0 Å². The Morgan fingerprint density at radius 1 is 1.53 bits per heavy atom. The molecule has 0 saturated heterocycles. The van der Waals surface area contributed by atoms with Crippen LogP contribution in [0.3, 0.4) is 0 Å². The molecule has 1 unspecified atom stereocenters. The first-order chi connectivity index (χ1) is 8.00. The highest BCUT2D eigenvalue weighted by atomic mass is 79.9. The number of benzene rings is 1. The average molecular weight is 297 g/mol. The normalized spacial score (nSPS) is 13.8. The van der Waals surface area contributed by atoms with Crippen molar-refractivity contribution in [3.8, 4) is 6.07 Å². The van der Waals surface area contributed by atoms with Crippen LogP contribution in [0.4, 0.5) is 5.69 Å². The van der Waals surface area contributed by atoms with Gasteiger partial charge in [-0.05, 0) is 41.4 Å². The number of aliphatic hydroxyl groups is 1. The minimum absolute atomic E-state index is 0.436. The summed E-state index contributed by atoms with van der Waals surface area (Å²) in [5.74, 6) is 0. The van der Waals surface area contributed by atoms with Crippen molar-refractivity contribution in [3.05, 3.63) is 28.2 Å². The van der Waals surface area contributed by atoms with Gasteiger partial charge in [0, 0.05) is 11.0 Å². The molecule has 1 atom stereocenters. The minimum atomic E-state index is -0.746. The van der Waals surface area contributed by atoms with Gasteiger partial charge in [0.2, 0.25) is 0 Å². The molecule has 1 aromatic carbocycles. The van der Waals surface area contributed by atoms with Crippen molar-refractivity contribution < 1.29 is 5.11 Å². The van der Waals surface area contributed by atoms with Crippen LogP contribution < -0.4 is 5.32 Å². The van der Waals surface area contributed by atoms with Crippen molar-refractivity contribution in [2.75, 3.05) is 11.9 Å². The molecule has 0 aliphatic carbocycles. The largest absolute Gasteiger partial charge is 0.388 e. The van der Waals surface area contributed by atoms with Gasteiger partial charge in [0.25, 0.3) is 0 Å². The van der Waals surface area contributed by atoms with Gasteiger partial charge in [-0.1, -0.05) is 19.4 Å². The summed E-state index contributed by atoms with van der Waals surface area (Å²) in [7, 11) is 0. The van der Waals surface area contributed by atoms with E-state index in [1.165, 1.54) is 0 Å². The molecule has 0 bridgehead atoms. The van der Waals surface area contributed by atoms with Crippen LogP contribution in [0, 0.1) is 11.3 Å². The van der Waals surface area contributed by atoms with Gasteiger partial charge in [0.15, 0.2) is 0 Å². The number of anilines is 1.